The van der Waals surface area contributed by atoms with E-state index in [4.69, 9.17) is 0 Å². The van der Waals surface area contributed by atoms with Crippen molar-refractivity contribution < 1.29 is 46.1 Å². The van der Waals surface area contributed by atoms with E-state index in [0.717, 1.165) is 0 Å². The van der Waals surface area contributed by atoms with E-state index in [9.17, 15) is 0 Å². The summed E-state index contributed by atoms with van der Waals surface area (Å²) >= 11 is -2.49. The number of hydrogen-bond acceptors (Lipinski definition) is 0. The molecule has 3 heteroatoms. The van der Waals surface area contributed by atoms with Gasteiger partial charge < -0.3 is 24.8 Å². The molecule has 1 unspecified atom stereocenters. The molecule has 0 N–H and O–H groups in total. The Morgan fingerprint density at radius 3 is 1.52 bits per heavy atom. The van der Waals surface area contributed by atoms with Gasteiger partial charge in [0, 0.05) is 0 Å². The van der Waals surface area contributed by atoms with Gasteiger partial charge in [0.1, 0.15) is 0 Å². The zero-order valence-corrected chi connectivity index (χ0v) is 31.4. The Balaban J connectivity index is 0.00000242. The van der Waals surface area contributed by atoms with Crippen LogP contribution in [0, 0.1) is 11.3 Å². The third-order valence-corrected chi connectivity index (χ3v) is 17.2. The van der Waals surface area contributed by atoms with Crippen LogP contribution in [0.4, 0.5) is 0 Å². The summed E-state index contributed by atoms with van der Waals surface area (Å²) in [6, 6.07) is 26.1. The molecular formula is C39H48Cl2Zr. The monoisotopic (exact) mass is 676 g/mol. The summed E-state index contributed by atoms with van der Waals surface area (Å²) in [5, 5.41) is 0. The van der Waals surface area contributed by atoms with E-state index in [1.54, 1.807) is 25.6 Å². The maximum atomic E-state index is 2.76. The van der Waals surface area contributed by atoms with E-state index in [1.807, 2.05) is 0 Å². The predicted octanol–water partition coefficient (Wildman–Crippen LogP) is 4.72. The number of benzene rings is 3. The maximum Gasteiger partial charge on any atom is -1.00 e. The molecule has 42 heavy (non-hydrogen) atoms. The number of hydrogen-bond donors (Lipinski definition) is 0. The Morgan fingerprint density at radius 2 is 1.12 bits per heavy atom. The first-order chi connectivity index (χ1) is 18.6. The Labute approximate surface area is 276 Å². The molecule has 2 aliphatic rings. The smallest absolute Gasteiger partial charge is 1.00 e. The summed E-state index contributed by atoms with van der Waals surface area (Å²) in [7, 11) is 0. The minimum absolute atomic E-state index is 0. The maximum absolute atomic E-state index is 2.76. The summed E-state index contributed by atoms with van der Waals surface area (Å²) in [6.07, 6.45) is 2.59. The zero-order chi connectivity index (χ0) is 29.2. The fourth-order valence-corrected chi connectivity index (χ4v) is 15.5. The van der Waals surface area contributed by atoms with Gasteiger partial charge in [0.05, 0.1) is 0 Å². The second kappa shape index (κ2) is 12.5. The Hall–Kier alpha value is -1.53. The van der Waals surface area contributed by atoms with Gasteiger partial charge in [-0.3, -0.25) is 0 Å². The molecular weight excluding hydrogens is 631 g/mol. The molecule has 0 aromatic heterocycles. The summed E-state index contributed by atoms with van der Waals surface area (Å²) in [4.78, 5) is 0. The van der Waals surface area contributed by atoms with E-state index < -0.39 is 21.3 Å². The topological polar surface area (TPSA) is 0 Å². The number of allylic oxidation sites excluding steroid dienone is 4. The molecule has 0 radical (unpaired) electrons. The van der Waals surface area contributed by atoms with Crippen molar-refractivity contribution in [1.29, 1.82) is 0 Å². The minimum Gasteiger partial charge on any atom is -1.00 e. The van der Waals surface area contributed by atoms with Crippen LogP contribution in [-0.4, -0.2) is 3.71 Å². The number of fused-ring (bicyclic) bond motifs is 3. The van der Waals surface area contributed by atoms with Crippen molar-refractivity contribution in [3.05, 3.63) is 115 Å². The summed E-state index contributed by atoms with van der Waals surface area (Å²) < 4.78 is 5.02. The fraction of sp³-hybridized carbons (Fsp3) is 0.410. The molecule has 0 heterocycles. The van der Waals surface area contributed by atoms with Gasteiger partial charge in [-0.15, -0.1) is 0 Å². The molecule has 0 saturated carbocycles. The molecule has 0 bridgehead atoms. The van der Waals surface area contributed by atoms with E-state index >= 15 is 0 Å². The van der Waals surface area contributed by atoms with Crippen LogP contribution in [0.1, 0.15) is 108 Å². The van der Waals surface area contributed by atoms with Crippen LogP contribution in [0.3, 0.4) is 0 Å². The first-order valence-electron chi connectivity index (χ1n) is 15.1. The molecule has 0 fully saturated rings. The normalized spacial score (nSPS) is 16.9. The Morgan fingerprint density at radius 1 is 0.643 bits per heavy atom. The van der Waals surface area contributed by atoms with Crippen molar-refractivity contribution in [2.45, 2.75) is 90.6 Å². The van der Waals surface area contributed by atoms with Crippen LogP contribution in [0.15, 0.2) is 87.2 Å². The van der Waals surface area contributed by atoms with Crippen LogP contribution < -0.4 is 24.8 Å². The average molecular weight is 679 g/mol. The van der Waals surface area contributed by atoms with Crippen molar-refractivity contribution in [3.63, 3.8) is 0 Å². The molecule has 0 aliphatic heterocycles. The first-order valence-corrected chi connectivity index (χ1v) is 19.1. The van der Waals surface area contributed by atoms with E-state index in [0.29, 0.717) is 9.54 Å². The Kier molecular flexibility index (Phi) is 10.4. The SMILES string of the molecule is CC1=[C](/[Zr+2](=[CH]/c2ccccc2)[CH]2c3ccc(C(C)(C)C)cc3-c3cc(C(C)(C)C)ccc32)C(C)C=C1C(C)(C)C.[Cl-].[Cl-]. The molecule has 2 aliphatic carbocycles. The van der Waals surface area contributed by atoms with Crippen LogP contribution in [0.25, 0.3) is 11.1 Å². The summed E-state index contributed by atoms with van der Waals surface area (Å²) in [5.74, 6) is 0.499. The molecule has 3 aromatic carbocycles. The van der Waals surface area contributed by atoms with Crippen LogP contribution in [0.2, 0.25) is 0 Å². The quantitative estimate of drug-likeness (QED) is 0.377. The minimum atomic E-state index is -2.49. The van der Waals surface area contributed by atoms with Gasteiger partial charge in [0.25, 0.3) is 0 Å². The third-order valence-electron chi connectivity index (χ3n) is 8.98. The van der Waals surface area contributed by atoms with Crippen LogP contribution in [0.5, 0.6) is 0 Å². The first kappa shape index (κ1) is 35.0. The predicted molar refractivity (Wildman–Crippen MR) is 172 cm³/mol. The molecule has 0 nitrogen and oxygen atoms in total. The van der Waals surface area contributed by atoms with Crippen LogP contribution in [-0.2, 0) is 32.1 Å². The van der Waals surface area contributed by atoms with Gasteiger partial charge in [0.2, 0.25) is 0 Å². The molecule has 0 amide bonds. The standard InChI is InChI=1S/C21H25.C11H17.C7H6.2ClH.Zr/c1-20(2,3)16-9-7-14-11-15-8-10-17(21(4,5)6)13-19(15)18(14)12-16;1-8-6-9(2)10(7-8)11(3,4)5;1-7-5-3-2-4-6-7;;;/h7-13H,1-6H3;7-8H,1-5H3;1-6H;2*1H;/q;;;;;+2/p-2. The fourth-order valence-electron chi connectivity index (χ4n) is 6.80. The Bertz CT molecular complexity index is 1490. The van der Waals surface area contributed by atoms with Gasteiger partial charge in [-0.1, -0.05) is 0 Å². The zero-order valence-electron chi connectivity index (χ0n) is 27.4. The molecule has 222 valence electrons. The van der Waals surface area contributed by atoms with E-state index in [2.05, 4.69) is 153 Å². The van der Waals surface area contributed by atoms with Gasteiger partial charge in [0.15, 0.2) is 0 Å². The second-order valence-corrected chi connectivity index (χ2v) is 20.9. The van der Waals surface area contributed by atoms with Crippen molar-refractivity contribution in [2.75, 3.05) is 0 Å². The summed E-state index contributed by atoms with van der Waals surface area (Å²) in [5.41, 5.74) is 13.9. The number of halogens is 2. The van der Waals surface area contributed by atoms with Crippen LogP contribution >= 0.6 is 0 Å². The number of rotatable bonds is 3. The molecule has 0 spiro atoms. The average Bonchev–Trinajstić information content (AvgIpc) is 3.35. The van der Waals surface area contributed by atoms with Crippen molar-refractivity contribution in [2.24, 2.45) is 11.3 Å². The third kappa shape index (κ3) is 6.60. The summed E-state index contributed by atoms with van der Waals surface area (Å²) in [6.45, 7) is 26.1. The molecule has 5 rings (SSSR count). The molecule has 3 aromatic rings. The van der Waals surface area contributed by atoms with E-state index in [-0.39, 0.29) is 41.1 Å². The van der Waals surface area contributed by atoms with Crippen molar-refractivity contribution in [3.8, 4) is 11.1 Å². The van der Waals surface area contributed by atoms with E-state index in [1.165, 1.54) is 27.8 Å². The van der Waals surface area contributed by atoms with Crippen molar-refractivity contribution >= 4 is 3.71 Å². The second-order valence-electron chi connectivity index (χ2n) is 15.2. The molecule has 1 atom stereocenters. The van der Waals surface area contributed by atoms with Gasteiger partial charge >= 0.3 is 253 Å². The van der Waals surface area contributed by atoms with Crippen molar-refractivity contribution in [1.82, 2.24) is 0 Å². The van der Waals surface area contributed by atoms with Gasteiger partial charge in [-0.25, -0.2) is 0 Å². The van der Waals surface area contributed by atoms with Gasteiger partial charge in [-0.05, 0) is 0 Å². The molecule has 0 saturated heterocycles. The largest absolute Gasteiger partial charge is 1.00 e. The van der Waals surface area contributed by atoms with Gasteiger partial charge in [-0.2, -0.15) is 0 Å².